The molecule has 2 amide bonds. The van der Waals surface area contributed by atoms with Crippen molar-refractivity contribution in [2.24, 2.45) is 0 Å². The second-order valence-corrected chi connectivity index (χ2v) is 7.78. The number of nitrogens with zero attached hydrogens (tertiary/aromatic N) is 3. The zero-order valence-corrected chi connectivity index (χ0v) is 16.8. The van der Waals surface area contributed by atoms with E-state index >= 15 is 0 Å². The first-order valence-electron chi connectivity index (χ1n) is 10.5. The maximum atomic E-state index is 12.7. The monoisotopic (exact) mass is 371 g/mol. The molecule has 2 fully saturated rings. The standard InChI is InChI=1S/C22H33N3O2/c1-3-19-8-4-5-16-25(19)22(27)13-17-24(18(2)26)21-11-9-20(10-12-21)23-14-6-7-15-23/h9-12,19H,3-8,13-17H2,1-2H3. The molecule has 0 bridgehead atoms. The smallest absolute Gasteiger partial charge is 0.224 e. The maximum absolute atomic E-state index is 12.7. The molecule has 2 heterocycles. The highest BCUT2D eigenvalue weighted by atomic mass is 16.2. The van der Waals surface area contributed by atoms with Gasteiger partial charge in [0.05, 0.1) is 0 Å². The predicted octanol–water partition coefficient (Wildman–Crippen LogP) is 3.82. The lowest BCUT2D eigenvalue weighted by Gasteiger charge is -2.36. The fourth-order valence-electron chi connectivity index (χ4n) is 4.39. The van der Waals surface area contributed by atoms with Crippen molar-refractivity contribution in [3.05, 3.63) is 24.3 Å². The Morgan fingerprint density at radius 2 is 1.70 bits per heavy atom. The molecule has 148 valence electrons. The van der Waals surface area contributed by atoms with E-state index in [1.165, 1.54) is 24.9 Å². The van der Waals surface area contributed by atoms with Crippen LogP contribution in [0.15, 0.2) is 24.3 Å². The van der Waals surface area contributed by atoms with E-state index in [-0.39, 0.29) is 11.8 Å². The quantitative estimate of drug-likeness (QED) is 0.763. The minimum absolute atomic E-state index is 0.0117. The molecule has 1 aromatic carbocycles. The van der Waals surface area contributed by atoms with Crippen molar-refractivity contribution in [2.75, 3.05) is 36.0 Å². The number of benzene rings is 1. The van der Waals surface area contributed by atoms with Gasteiger partial charge in [0.2, 0.25) is 11.8 Å². The third-order valence-electron chi connectivity index (χ3n) is 5.98. The number of likely N-dealkylation sites (tertiary alicyclic amines) is 1. The SMILES string of the molecule is CCC1CCCCN1C(=O)CCN(C(C)=O)c1ccc(N2CCCC2)cc1. The molecule has 2 aliphatic rings. The molecule has 27 heavy (non-hydrogen) atoms. The Bertz CT molecular complexity index is 637. The third-order valence-corrected chi connectivity index (χ3v) is 5.98. The lowest BCUT2D eigenvalue weighted by atomic mass is 9.99. The summed E-state index contributed by atoms with van der Waals surface area (Å²) in [5.74, 6) is 0.170. The number of rotatable bonds is 6. The van der Waals surface area contributed by atoms with E-state index in [1.807, 2.05) is 17.0 Å². The summed E-state index contributed by atoms with van der Waals surface area (Å²) in [6.07, 6.45) is 7.32. The summed E-state index contributed by atoms with van der Waals surface area (Å²) in [4.78, 5) is 31.1. The average Bonchev–Trinajstić information content (AvgIpc) is 3.23. The molecule has 2 aliphatic heterocycles. The summed E-state index contributed by atoms with van der Waals surface area (Å²) in [5, 5.41) is 0. The fourth-order valence-corrected chi connectivity index (χ4v) is 4.39. The molecule has 5 nitrogen and oxygen atoms in total. The number of hydrogen-bond acceptors (Lipinski definition) is 3. The van der Waals surface area contributed by atoms with Crippen LogP contribution in [-0.4, -0.2) is 48.9 Å². The van der Waals surface area contributed by atoms with Crippen LogP contribution in [0.4, 0.5) is 11.4 Å². The first-order chi connectivity index (χ1) is 13.1. The van der Waals surface area contributed by atoms with Crippen LogP contribution in [0.5, 0.6) is 0 Å². The van der Waals surface area contributed by atoms with Crippen molar-refractivity contribution in [1.29, 1.82) is 0 Å². The number of piperidine rings is 1. The Morgan fingerprint density at radius 1 is 1.04 bits per heavy atom. The van der Waals surface area contributed by atoms with Crippen LogP contribution in [0.1, 0.15) is 58.8 Å². The van der Waals surface area contributed by atoms with Crippen molar-refractivity contribution in [3.8, 4) is 0 Å². The van der Waals surface area contributed by atoms with Crippen LogP contribution >= 0.6 is 0 Å². The molecular weight excluding hydrogens is 338 g/mol. The molecule has 1 atom stereocenters. The Hall–Kier alpha value is -2.04. The minimum atomic E-state index is -0.0117. The highest BCUT2D eigenvalue weighted by Gasteiger charge is 2.26. The predicted molar refractivity (Wildman–Crippen MR) is 110 cm³/mol. The molecule has 0 aromatic heterocycles. The van der Waals surface area contributed by atoms with Crippen LogP contribution in [0, 0.1) is 0 Å². The Balaban J connectivity index is 1.61. The molecule has 1 unspecified atom stereocenters. The van der Waals surface area contributed by atoms with Crippen molar-refractivity contribution < 1.29 is 9.59 Å². The summed E-state index contributed by atoms with van der Waals surface area (Å²) in [6.45, 7) is 7.26. The molecule has 0 radical (unpaired) electrons. The van der Waals surface area contributed by atoms with Crippen LogP contribution in [0.2, 0.25) is 0 Å². The average molecular weight is 372 g/mol. The van der Waals surface area contributed by atoms with Crippen molar-refractivity contribution >= 4 is 23.2 Å². The van der Waals surface area contributed by atoms with E-state index in [9.17, 15) is 9.59 Å². The fraction of sp³-hybridized carbons (Fsp3) is 0.636. The van der Waals surface area contributed by atoms with Gasteiger partial charge in [-0.2, -0.15) is 0 Å². The van der Waals surface area contributed by atoms with E-state index in [0.29, 0.717) is 19.0 Å². The van der Waals surface area contributed by atoms with Crippen LogP contribution in [0.3, 0.4) is 0 Å². The van der Waals surface area contributed by atoms with Crippen molar-refractivity contribution in [3.63, 3.8) is 0 Å². The topological polar surface area (TPSA) is 43.9 Å². The molecule has 0 N–H and O–H groups in total. The molecule has 0 spiro atoms. The second-order valence-electron chi connectivity index (χ2n) is 7.78. The van der Waals surface area contributed by atoms with Gasteiger partial charge in [0.1, 0.15) is 0 Å². The number of carbonyl (C=O) groups is 2. The number of hydrogen-bond donors (Lipinski definition) is 0. The summed E-state index contributed by atoms with van der Waals surface area (Å²) in [7, 11) is 0. The molecule has 0 saturated carbocycles. The highest BCUT2D eigenvalue weighted by Crippen LogP contribution is 2.25. The van der Waals surface area contributed by atoms with E-state index in [1.54, 1.807) is 11.8 Å². The summed E-state index contributed by atoms with van der Waals surface area (Å²) in [5.41, 5.74) is 2.10. The normalized spacial score (nSPS) is 20.0. The summed E-state index contributed by atoms with van der Waals surface area (Å²) in [6, 6.07) is 8.58. The van der Waals surface area contributed by atoms with Crippen LogP contribution < -0.4 is 9.80 Å². The van der Waals surface area contributed by atoms with Gasteiger partial charge in [-0.1, -0.05) is 6.92 Å². The van der Waals surface area contributed by atoms with Gasteiger partial charge in [-0.25, -0.2) is 0 Å². The zero-order chi connectivity index (χ0) is 19.2. The molecule has 3 rings (SSSR count). The van der Waals surface area contributed by atoms with E-state index in [2.05, 4.69) is 24.0 Å². The minimum Gasteiger partial charge on any atom is -0.372 e. The molecule has 2 saturated heterocycles. The first-order valence-corrected chi connectivity index (χ1v) is 10.5. The van der Waals surface area contributed by atoms with E-state index in [4.69, 9.17) is 0 Å². The Labute approximate surface area is 163 Å². The maximum Gasteiger partial charge on any atom is 0.224 e. The third kappa shape index (κ3) is 4.82. The van der Waals surface area contributed by atoms with Gasteiger partial charge in [-0.15, -0.1) is 0 Å². The van der Waals surface area contributed by atoms with E-state index < -0.39 is 0 Å². The Kier molecular flexibility index (Phi) is 6.75. The van der Waals surface area contributed by atoms with Gasteiger partial charge in [-0.3, -0.25) is 9.59 Å². The number of carbonyl (C=O) groups excluding carboxylic acids is 2. The van der Waals surface area contributed by atoms with Gasteiger partial charge >= 0.3 is 0 Å². The van der Waals surface area contributed by atoms with Crippen LogP contribution in [0.25, 0.3) is 0 Å². The van der Waals surface area contributed by atoms with Gasteiger partial charge in [-0.05, 0) is 62.8 Å². The largest absolute Gasteiger partial charge is 0.372 e. The second kappa shape index (κ2) is 9.25. The van der Waals surface area contributed by atoms with Gasteiger partial charge in [0.25, 0.3) is 0 Å². The number of anilines is 2. The van der Waals surface area contributed by atoms with Crippen LogP contribution in [-0.2, 0) is 9.59 Å². The van der Waals surface area contributed by atoms with Crippen molar-refractivity contribution in [1.82, 2.24) is 4.90 Å². The first kappa shape index (κ1) is 19.7. The highest BCUT2D eigenvalue weighted by molar-refractivity contribution is 5.92. The van der Waals surface area contributed by atoms with E-state index in [0.717, 1.165) is 44.6 Å². The lowest BCUT2D eigenvalue weighted by Crippen LogP contribution is -2.44. The van der Waals surface area contributed by atoms with Crippen molar-refractivity contribution in [2.45, 2.75) is 64.8 Å². The van der Waals surface area contributed by atoms with Gasteiger partial charge < -0.3 is 14.7 Å². The molecule has 1 aromatic rings. The molecule has 0 aliphatic carbocycles. The molecule has 5 heteroatoms. The Morgan fingerprint density at radius 3 is 2.33 bits per heavy atom. The summed E-state index contributed by atoms with van der Waals surface area (Å²) >= 11 is 0. The molecular formula is C22H33N3O2. The van der Waals surface area contributed by atoms with Gasteiger partial charge in [0.15, 0.2) is 0 Å². The zero-order valence-electron chi connectivity index (χ0n) is 16.8. The lowest BCUT2D eigenvalue weighted by molar-refractivity contribution is -0.134. The van der Waals surface area contributed by atoms with Gasteiger partial charge in [0, 0.05) is 56.9 Å². The number of amides is 2. The summed E-state index contributed by atoms with van der Waals surface area (Å²) < 4.78 is 0.